The molecule has 0 aliphatic heterocycles. The van der Waals surface area contributed by atoms with E-state index in [1.54, 1.807) is 0 Å². The molecule has 1 aliphatic rings. The monoisotopic (exact) mass is 274 g/mol. The van der Waals surface area contributed by atoms with Crippen LogP contribution in [0.1, 0.15) is 43.8 Å². The maximum atomic E-state index is 5.97. The summed E-state index contributed by atoms with van der Waals surface area (Å²) in [6.45, 7) is 9.81. The van der Waals surface area contributed by atoms with Crippen molar-refractivity contribution >= 4 is 0 Å². The van der Waals surface area contributed by atoms with E-state index < -0.39 is 0 Å². The lowest BCUT2D eigenvalue weighted by Gasteiger charge is -2.17. The highest BCUT2D eigenvalue weighted by molar-refractivity contribution is 5.20. The minimum Gasteiger partial charge on any atom is -0.463 e. The van der Waals surface area contributed by atoms with Crippen LogP contribution in [0.4, 0.5) is 0 Å². The van der Waals surface area contributed by atoms with Crippen LogP contribution in [0.2, 0.25) is 0 Å². The Labute approximate surface area is 122 Å². The second-order valence-corrected chi connectivity index (χ2v) is 6.17. The third-order valence-electron chi connectivity index (χ3n) is 3.65. The van der Waals surface area contributed by atoms with Gasteiger partial charge in [-0.1, -0.05) is 19.8 Å². The van der Waals surface area contributed by atoms with Gasteiger partial charge in [-0.3, -0.25) is 4.90 Å². The van der Waals surface area contributed by atoms with Gasteiger partial charge in [-0.25, -0.2) is 0 Å². The Morgan fingerprint density at radius 1 is 1.50 bits per heavy atom. The zero-order valence-corrected chi connectivity index (χ0v) is 12.9. The van der Waals surface area contributed by atoms with Gasteiger partial charge in [-0.15, -0.1) is 6.42 Å². The van der Waals surface area contributed by atoms with E-state index in [2.05, 4.69) is 43.0 Å². The van der Waals surface area contributed by atoms with E-state index in [9.17, 15) is 0 Å². The lowest BCUT2D eigenvalue weighted by Crippen LogP contribution is -2.25. The van der Waals surface area contributed by atoms with Gasteiger partial charge in [-0.05, 0) is 37.3 Å². The van der Waals surface area contributed by atoms with Gasteiger partial charge >= 0.3 is 0 Å². The van der Waals surface area contributed by atoms with Gasteiger partial charge in [0.25, 0.3) is 0 Å². The van der Waals surface area contributed by atoms with Crippen LogP contribution in [0.5, 0.6) is 0 Å². The molecule has 0 spiro atoms. The molecule has 1 heterocycles. The maximum Gasteiger partial charge on any atom is 0.120 e. The minimum atomic E-state index is 0.468. The van der Waals surface area contributed by atoms with Crippen molar-refractivity contribution in [3.8, 4) is 12.3 Å². The van der Waals surface area contributed by atoms with Crippen molar-refractivity contribution in [2.45, 2.75) is 52.7 Å². The number of nitrogens with zero attached hydrogens (tertiary/aromatic N) is 1. The molecule has 1 saturated carbocycles. The van der Waals surface area contributed by atoms with Crippen LogP contribution in [0.3, 0.4) is 0 Å². The van der Waals surface area contributed by atoms with E-state index in [0.717, 1.165) is 37.1 Å². The Morgan fingerprint density at radius 3 is 2.85 bits per heavy atom. The third kappa shape index (κ3) is 4.70. The van der Waals surface area contributed by atoms with E-state index in [-0.39, 0.29) is 0 Å². The SMILES string of the molecule is C#CCN(Cc1cc(C)c(CNC(C)C)o1)CC1CC1. The second kappa shape index (κ2) is 6.97. The molecule has 2 rings (SSSR count). The average Bonchev–Trinajstić information content (AvgIpc) is 3.11. The fourth-order valence-corrected chi connectivity index (χ4v) is 2.34. The smallest absolute Gasteiger partial charge is 0.120 e. The first-order chi connectivity index (χ1) is 9.58. The minimum absolute atomic E-state index is 0.468. The summed E-state index contributed by atoms with van der Waals surface area (Å²) >= 11 is 0. The zero-order valence-electron chi connectivity index (χ0n) is 12.9. The van der Waals surface area contributed by atoms with Crippen LogP contribution < -0.4 is 5.32 Å². The first-order valence-corrected chi connectivity index (χ1v) is 7.56. The molecule has 0 bridgehead atoms. The standard InChI is InChI=1S/C17H26N2O/c1-5-8-19(11-15-6-7-15)12-16-9-14(4)17(20-16)10-18-13(2)3/h1,9,13,15,18H,6-8,10-12H2,2-4H3. The quantitative estimate of drug-likeness (QED) is 0.739. The molecule has 0 atom stereocenters. The molecule has 110 valence electrons. The number of rotatable bonds is 8. The number of nitrogens with one attached hydrogen (secondary N) is 1. The molecule has 3 heteroatoms. The summed E-state index contributed by atoms with van der Waals surface area (Å²) in [4.78, 5) is 2.32. The number of furan rings is 1. The largest absolute Gasteiger partial charge is 0.463 e. The fraction of sp³-hybridized carbons (Fsp3) is 0.647. The number of hydrogen-bond acceptors (Lipinski definition) is 3. The average molecular weight is 274 g/mol. The summed E-state index contributed by atoms with van der Waals surface area (Å²) in [7, 11) is 0. The Hall–Kier alpha value is -1.24. The molecular weight excluding hydrogens is 248 g/mol. The first-order valence-electron chi connectivity index (χ1n) is 7.56. The molecule has 0 unspecified atom stereocenters. The molecule has 1 aliphatic carbocycles. The molecule has 1 N–H and O–H groups in total. The van der Waals surface area contributed by atoms with Gasteiger partial charge in [0.1, 0.15) is 11.5 Å². The van der Waals surface area contributed by atoms with Crippen LogP contribution in [-0.4, -0.2) is 24.0 Å². The Balaban J connectivity index is 1.93. The normalized spacial score (nSPS) is 15.0. The lowest BCUT2D eigenvalue weighted by molar-refractivity contribution is 0.257. The van der Waals surface area contributed by atoms with Crippen molar-refractivity contribution < 1.29 is 4.42 Å². The second-order valence-electron chi connectivity index (χ2n) is 6.17. The molecule has 3 nitrogen and oxygen atoms in total. The Bertz CT molecular complexity index is 466. The molecule has 1 aromatic heterocycles. The highest BCUT2D eigenvalue weighted by Crippen LogP contribution is 2.30. The molecule has 0 amide bonds. The summed E-state index contributed by atoms with van der Waals surface area (Å²) in [5.74, 6) is 5.67. The number of hydrogen-bond donors (Lipinski definition) is 1. The van der Waals surface area contributed by atoms with Gasteiger partial charge < -0.3 is 9.73 Å². The van der Waals surface area contributed by atoms with Crippen molar-refractivity contribution in [2.24, 2.45) is 5.92 Å². The third-order valence-corrected chi connectivity index (χ3v) is 3.65. The molecule has 0 radical (unpaired) electrons. The molecule has 20 heavy (non-hydrogen) atoms. The summed E-state index contributed by atoms with van der Waals surface area (Å²) in [5, 5.41) is 3.40. The van der Waals surface area contributed by atoms with Crippen molar-refractivity contribution in [3.05, 3.63) is 23.2 Å². The van der Waals surface area contributed by atoms with E-state index in [0.29, 0.717) is 12.6 Å². The van der Waals surface area contributed by atoms with Gasteiger partial charge in [-0.2, -0.15) is 0 Å². The summed E-state index contributed by atoms with van der Waals surface area (Å²) in [6.07, 6.45) is 8.16. The van der Waals surface area contributed by atoms with Crippen molar-refractivity contribution in [3.63, 3.8) is 0 Å². The van der Waals surface area contributed by atoms with Gasteiger partial charge in [0.05, 0.1) is 19.6 Å². The highest BCUT2D eigenvalue weighted by atomic mass is 16.3. The maximum absolute atomic E-state index is 5.97. The molecular formula is C17H26N2O. The summed E-state index contributed by atoms with van der Waals surface area (Å²) < 4.78 is 5.97. The number of terminal acetylenes is 1. The molecule has 1 aromatic rings. The highest BCUT2D eigenvalue weighted by Gasteiger charge is 2.24. The number of aryl methyl sites for hydroxylation is 1. The summed E-state index contributed by atoms with van der Waals surface area (Å²) in [6, 6.07) is 2.61. The topological polar surface area (TPSA) is 28.4 Å². The van der Waals surface area contributed by atoms with Crippen LogP contribution in [0.15, 0.2) is 10.5 Å². The van der Waals surface area contributed by atoms with Crippen molar-refractivity contribution in [1.82, 2.24) is 10.2 Å². The van der Waals surface area contributed by atoms with Crippen LogP contribution in [0, 0.1) is 25.2 Å². The van der Waals surface area contributed by atoms with E-state index in [4.69, 9.17) is 10.8 Å². The zero-order chi connectivity index (χ0) is 14.5. The molecule has 1 fully saturated rings. The summed E-state index contributed by atoms with van der Waals surface area (Å²) in [5.41, 5.74) is 1.22. The van der Waals surface area contributed by atoms with Gasteiger partial charge in [0.15, 0.2) is 0 Å². The van der Waals surface area contributed by atoms with Crippen LogP contribution in [0.25, 0.3) is 0 Å². The molecule has 0 saturated heterocycles. The van der Waals surface area contributed by atoms with Gasteiger partial charge in [0.2, 0.25) is 0 Å². The fourth-order valence-electron chi connectivity index (χ4n) is 2.34. The molecule has 0 aromatic carbocycles. The van der Waals surface area contributed by atoms with Crippen LogP contribution in [-0.2, 0) is 13.1 Å². The van der Waals surface area contributed by atoms with Gasteiger partial charge in [0, 0.05) is 12.6 Å². The predicted molar refractivity (Wildman–Crippen MR) is 82.3 cm³/mol. The Kier molecular flexibility index (Phi) is 5.28. The van der Waals surface area contributed by atoms with E-state index in [1.807, 2.05) is 0 Å². The van der Waals surface area contributed by atoms with Crippen molar-refractivity contribution in [2.75, 3.05) is 13.1 Å². The Morgan fingerprint density at radius 2 is 2.25 bits per heavy atom. The van der Waals surface area contributed by atoms with E-state index >= 15 is 0 Å². The lowest BCUT2D eigenvalue weighted by atomic mass is 10.2. The van der Waals surface area contributed by atoms with E-state index in [1.165, 1.54) is 18.4 Å². The van der Waals surface area contributed by atoms with Crippen molar-refractivity contribution in [1.29, 1.82) is 0 Å². The van der Waals surface area contributed by atoms with Crippen LogP contribution >= 0.6 is 0 Å². The predicted octanol–water partition coefficient (Wildman–Crippen LogP) is 2.93. The first kappa shape index (κ1) is 15.2.